The Morgan fingerprint density at radius 1 is 1.62 bits per heavy atom. The normalized spacial score (nSPS) is 10.6. The molecule has 0 aliphatic carbocycles. The van der Waals surface area contributed by atoms with E-state index in [2.05, 4.69) is 31.1 Å². The lowest BCUT2D eigenvalue weighted by atomic mass is 10.6. The molecule has 84 valence electrons. The van der Waals surface area contributed by atoms with Gasteiger partial charge in [0.25, 0.3) is 0 Å². The lowest BCUT2D eigenvalue weighted by Gasteiger charge is -1.95. The summed E-state index contributed by atoms with van der Waals surface area (Å²) in [6.07, 6.45) is 2.95. The molecule has 8 nitrogen and oxygen atoms in total. The lowest BCUT2D eigenvalue weighted by Crippen LogP contribution is -2.07. The van der Waals surface area contributed by atoms with Gasteiger partial charge in [0.15, 0.2) is 0 Å². The third kappa shape index (κ3) is 1.94. The minimum absolute atomic E-state index is 0.206. The number of hydrogen-bond acceptors (Lipinski definition) is 5. The van der Waals surface area contributed by atoms with Crippen molar-refractivity contribution >= 4 is 21.7 Å². The van der Waals surface area contributed by atoms with E-state index in [1.54, 1.807) is 11.7 Å². The predicted molar refractivity (Wildman–Crippen MR) is 56.7 cm³/mol. The van der Waals surface area contributed by atoms with E-state index in [1.165, 1.54) is 17.2 Å². The van der Waals surface area contributed by atoms with Crippen LogP contribution in [-0.2, 0) is 13.6 Å². The molecule has 0 saturated heterocycles. The van der Waals surface area contributed by atoms with E-state index in [0.29, 0.717) is 16.8 Å². The molecule has 0 saturated carbocycles. The maximum atomic E-state index is 10.6. The number of hydrogen-bond donors (Lipinski definition) is 0. The highest BCUT2D eigenvalue weighted by Gasteiger charge is 2.19. The first-order valence-corrected chi connectivity index (χ1v) is 5.07. The van der Waals surface area contributed by atoms with Gasteiger partial charge in [-0.25, -0.2) is 4.98 Å². The predicted octanol–water partition coefficient (Wildman–Crippen LogP) is 0.731. The standard InChI is InChI=1S/C7H7BrN6O2/c1-12-6(9-4-10-12)3-13-2-5(8)7(11-13)14(15)16/h2,4H,3H2,1H3. The van der Waals surface area contributed by atoms with Gasteiger partial charge in [-0.05, 0) is 20.9 Å². The number of aryl methyl sites for hydroxylation is 1. The van der Waals surface area contributed by atoms with Gasteiger partial charge in [0.05, 0.1) is 11.3 Å². The fourth-order valence-corrected chi connectivity index (χ4v) is 1.66. The van der Waals surface area contributed by atoms with Crippen LogP contribution in [0.5, 0.6) is 0 Å². The van der Waals surface area contributed by atoms with Gasteiger partial charge >= 0.3 is 5.82 Å². The van der Waals surface area contributed by atoms with Crippen molar-refractivity contribution in [3.8, 4) is 0 Å². The van der Waals surface area contributed by atoms with Crippen molar-refractivity contribution in [1.29, 1.82) is 0 Å². The molecule has 2 aromatic rings. The van der Waals surface area contributed by atoms with Crippen LogP contribution < -0.4 is 0 Å². The van der Waals surface area contributed by atoms with Gasteiger partial charge in [0, 0.05) is 7.05 Å². The fourth-order valence-electron chi connectivity index (χ4n) is 1.20. The monoisotopic (exact) mass is 286 g/mol. The van der Waals surface area contributed by atoms with Crippen LogP contribution in [0.1, 0.15) is 5.82 Å². The second-order valence-electron chi connectivity index (χ2n) is 3.06. The van der Waals surface area contributed by atoms with Gasteiger partial charge in [-0.3, -0.25) is 4.68 Å². The molecule has 2 aromatic heterocycles. The van der Waals surface area contributed by atoms with E-state index in [4.69, 9.17) is 0 Å². The maximum Gasteiger partial charge on any atom is 0.404 e. The first kappa shape index (κ1) is 10.7. The zero-order valence-electron chi connectivity index (χ0n) is 8.24. The molecule has 0 aliphatic heterocycles. The van der Waals surface area contributed by atoms with E-state index in [1.807, 2.05) is 0 Å². The Balaban J connectivity index is 2.26. The van der Waals surface area contributed by atoms with Gasteiger partial charge in [-0.15, -0.1) is 0 Å². The van der Waals surface area contributed by atoms with Gasteiger partial charge in [-0.1, -0.05) is 0 Å². The summed E-state index contributed by atoms with van der Waals surface area (Å²) in [6.45, 7) is 0.336. The molecule has 2 heterocycles. The topological polar surface area (TPSA) is 91.7 Å². The Kier molecular flexibility index (Phi) is 2.69. The lowest BCUT2D eigenvalue weighted by molar-refractivity contribution is -0.390. The molecule has 0 aliphatic rings. The summed E-state index contributed by atoms with van der Waals surface area (Å²) in [7, 11) is 1.75. The summed E-state index contributed by atoms with van der Waals surface area (Å²) in [5.41, 5.74) is 0. The van der Waals surface area contributed by atoms with Crippen molar-refractivity contribution in [3.63, 3.8) is 0 Å². The molecule has 16 heavy (non-hydrogen) atoms. The third-order valence-corrected chi connectivity index (χ3v) is 2.54. The van der Waals surface area contributed by atoms with E-state index in [0.717, 1.165) is 0 Å². The second kappa shape index (κ2) is 4.00. The zero-order chi connectivity index (χ0) is 11.7. The van der Waals surface area contributed by atoms with E-state index >= 15 is 0 Å². The summed E-state index contributed by atoms with van der Waals surface area (Å²) >= 11 is 3.07. The molecule has 0 fully saturated rings. The second-order valence-corrected chi connectivity index (χ2v) is 3.91. The van der Waals surface area contributed by atoms with E-state index < -0.39 is 4.92 Å². The molecule has 0 atom stereocenters. The molecular weight excluding hydrogens is 280 g/mol. The van der Waals surface area contributed by atoms with Crippen molar-refractivity contribution in [2.75, 3.05) is 0 Å². The highest BCUT2D eigenvalue weighted by Crippen LogP contribution is 2.22. The largest absolute Gasteiger partial charge is 0.404 e. The van der Waals surface area contributed by atoms with Crippen molar-refractivity contribution in [2.45, 2.75) is 6.54 Å². The molecular formula is C7H7BrN6O2. The van der Waals surface area contributed by atoms with E-state index in [9.17, 15) is 10.1 Å². The van der Waals surface area contributed by atoms with Gasteiger partial charge in [-0.2, -0.15) is 9.78 Å². The fraction of sp³-hybridized carbons (Fsp3) is 0.286. The Hall–Kier alpha value is -1.77. The highest BCUT2D eigenvalue weighted by atomic mass is 79.9. The minimum atomic E-state index is -0.544. The Labute approximate surface area is 98.2 Å². The number of nitrogens with zero attached hydrogens (tertiary/aromatic N) is 6. The maximum absolute atomic E-state index is 10.6. The van der Waals surface area contributed by atoms with Crippen LogP contribution in [0.4, 0.5) is 5.82 Å². The summed E-state index contributed by atoms with van der Waals surface area (Å²) in [4.78, 5) is 14.0. The van der Waals surface area contributed by atoms with Gasteiger partial charge < -0.3 is 10.1 Å². The number of rotatable bonds is 3. The summed E-state index contributed by atoms with van der Waals surface area (Å²) in [5.74, 6) is 0.465. The zero-order valence-corrected chi connectivity index (χ0v) is 9.83. The van der Waals surface area contributed by atoms with Crippen LogP contribution in [0.2, 0.25) is 0 Å². The van der Waals surface area contributed by atoms with Crippen LogP contribution in [0.3, 0.4) is 0 Å². The number of nitro groups is 1. The molecule has 0 aromatic carbocycles. The first-order valence-electron chi connectivity index (χ1n) is 4.28. The van der Waals surface area contributed by atoms with Crippen LogP contribution >= 0.6 is 15.9 Å². The average molecular weight is 287 g/mol. The molecule has 0 unspecified atom stereocenters. The summed E-state index contributed by atoms with van der Waals surface area (Å²) < 4.78 is 3.37. The molecule has 0 spiro atoms. The van der Waals surface area contributed by atoms with Gasteiger partial charge in [0.2, 0.25) is 0 Å². The average Bonchev–Trinajstić information content (AvgIpc) is 2.75. The van der Waals surface area contributed by atoms with Crippen molar-refractivity contribution in [1.82, 2.24) is 24.5 Å². The number of aromatic nitrogens is 5. The van der Waals surface area contributed by atoms with Crippen LogP contribution in [0.25, 0.3) is 0 Å². The van der Waals surface area contributed by atoms with Gasteiger partial charge in [0.1, 0.15) is 23.2 Å². The van der Waals surface area contributed by atoms with Crippen molar-refractivity contribution in [2.24, 2.45) is 7.05 Å². The highest BCUT2D eigenvalue weighted by molar-refractivity contribution is 9.10. The Bertz CT molecular complexity index is 533. The molecule has 0 radical (unpaired) electrons. The molecule has 0 bridgehead atoms. The van der Waals surface area contributed by atoms with Crippen LogP contribution in [-0.4, -0.2) is 29.5 Å². The van der Waals surface area contributed by atoms with Crippen molar-refractivity contribution < 1.29 is 4.92 Å². The molecule has 0 amide bonds. The smallest absolute Gasteiger partial charge is 0.358 e. The molecule has 2 rings (SSSR count). The Morgan fingerprint density at radius 3 is 2.88 bits per heavy atom. The number of halogens is 1. The SMILES string of the molecule is Cn1ncnc1Cn1cc(Br)c([N+](=O)[O-])n1. The molecule has 9 heteroatoms. The van der Waals surface area contributed by atoms with E-state index in [-0.39, 0.29) is 5.82 Å². The quantitative estimate of drug-likeness (QED) is 0.613. The van der Waals surface area contributed by atoms with Crippen molar-refractivity contribution in [3.05, 3.63) is 32.9 Å². The summed E-state index contributed by atoms with van der Waals surface area (Å²) in [6, 6.07) is 0. The van der Waals surface area contributed by atoms with Crippen LogP contribution in [0.15, 0.2) is 17.0 Å². The van der Waals surface area contributed by atoms with Crippen LogP contribution in [0, 0.1) is 10.1 Å². The molecule has 0 N–H and O–H groups in total. The summed E-state index contributed by atoms with van der Waals surface area (Å²) in [5, 5.41) is 18.3. The minimum Gasteiger partial charge on any atom is -0.358 e. The third-order valence-electron chi connectivity index (χ3n) is 1.98. The first-order chi connectivity index (χ1) is 7.58. The Morgan fingerprint density at radius 2 is 2.38 bits per heavy atom.